The number of halogens is 1. The maximum absolute atomic E-state index is 6.08. The average Bonchev–Trinajstić information content (AvgIpc) is 2.42. The lowest BCUT2D eigenvalue weighted by Crippen LogP contribution is -2.13. The Hall–Kier alpha value is -1.32. The van der Waals surface area contributed by atoms with E-state index in [1.807, 2.05) is 25.2 Å². The standard InChI is InChI=1S/C17H20BrNO/c1-11-5-7-15(9-12(11)2)20-17-10-14(18)6-8-16(17)13(3)19-4/h5-10,13,19H,1-4H3. The predicted octanol–water partition coefficient (Wildman–Crippen LogP) is 5.14. The van der Waals surface area contributed by atoms with E-state index in [2.05, 4.69) is 60.2 Å². The second-order valence-electron chi connectivity index (χ2n) is 5.04. The molecule has 20 heavy (non-hydrogen) atoms. The Morgan fingerprint density at radius 3 is 2.45 bits per heavy atom. The van der Waals surface area contributed by atoms with Crippen LogP contribution >= 0.6 is 15.9 Å². The zero-order chi connectivity index (χ0) is 14.7. The Kier molecular flexibility index (Phi) is 4.84. The lowest BCUT2D eigenvalue weighted by Gasteiger charge is -2.17. The molecule has 2 aromatic rings. The largest absolute Gasteiger partial charge is 0.457 e. The summed E-state index contributed by atoms with van der Waals surface area (Å²) < 4.78 is 7.10. The second-order valence-corrected chi connectivity index (χ2v) is 5.96. The minimum atomic E-state index is 0.240. The fraction of sp³-hybridized carbons (Fsp3) is 0.294. The second kappa shape index (κ2) is 6.42. The Bertz CT molecular complexity index is 610. The van der Waals surface area contributed by atoms with Gasteiger partial charge in [-0.25, -0.2) is 0 Å². The molecule has 0 aliphatic rings. The number of ether oxygens (including phenoxy) is 1. The number of hydrogen-bond acceptors (Lipinski definition) is 2. The predicted molar refractivity (Wildman–Crippen MR) is 87.6 cm³/mol. The van der Waals surface area contributed by atoms with Crippen LogP contribution in [0.15, 0.2) is 40.9 Å². The summed E-state index contributed by atoms with van der Waals surface area (Å²) in [6.45, 7) is 6.32. The van der Waals surface area contributed by atoms with Crippen LogP contribution in [0.1, 0.15) is 29.7 Å². The van der Waals surface area contributed by atoms with Gasteiger partial charge in [-0.05, 0) is 63.2 Å². The summed E-state index contributed by atoms with van der Waals surface area (Å²) in [6.07, 6.45) is 0. The third-order valence-electron chi connectivity index (χ3n) is 3.58. The van der Waals surface area contributed by atoms with E-state index in [1.54, 1.807) is 0 Å². The summed E-state index contributed by atoms with van der Waals surface area (Å²) >= 11 is 3.51. The number of rotatable bonds is 4. The first-order chi connectivity index (χ1) is 9.51. The topological polar surface area (TPSA) is 21.3 Å². The Morgan fingerprint density at radius 1 is 1.05 bits per heavy atom. The van der Waals surface area contributed by atoms with Gasteiger partial charge in [0.25, 0.3) is 0 Å². The third kappa shape index (κ3) is 3.41. The molecule has 0 saturated heterocycles. The Labute approximate surface area is 129 Å². The van der Waals surface area contributed by atoms with E-state index in [4.69, 9.17) is 4.74 Å². The molecule has 0 heterocycles. The van der Waals surface area contributed by atoms with Gasteiger partial charge in [-0.1, -0.05) is 28.1 Å². The molecule has 0 radical (unpaired) electrons. The number of nitrogens with one attached hydrogen (secondary N) is 1. The van der Waals surface area contributed by atoms with E-state index in [9.17, 15) is 0 Å². The molecule has 1 atom stereocenters. The average molecular weight is 334 g/mol. The Morgan fingerprint density at radius 2 is 1.80 bits per heavy atom. The summed E-state index contributed by atoms with van der Waals surface area (Å²) in [7, 11) is 1.95. The van der Waals surface area contributed by atoms with E-state index in [1.165, 1.54) is 11.1 Å². The van der Waals surface area contributed by atoms with E-state index < -0.39 is 0 Å². The van der Waals surface area contributed by atoms with Crippen LogP contribution in [0.2, 0.25) is 0 Å². The molecule has 3 heteroatoms. The summed E-state index contributed by atoms with van der Waals surface area (Å²) in [5, 5.41) is 3.25. The molecule has 2 aromatic carbocycles. The first kappa shape index (κ1) is 15.1. The van der Waals surface area contributed by atoms with Crippen LogP contribution in [-0.4, -0.2) is 7.05 Å². The SMILES string of the molecule is CNC(C)c1ccc(Br)cc1Oc1ccc(C)c(C)c1. The van der Waals surface area contributed by atoms with Gasteiger partial charge in [0.05, 0.1) is 0 Å². The lowest BCUT2D eigenvalue weighted by atomic mass is 10.1. The van der Waals surface area contributed by atoms with Crippen molar-refractivity contribution in [1.29, 1.82) is 0 Å². The van der Waals surface area contributed by atoms with Crippen molar-refractivity contribution in [1.82, 2.24) is 5.32 Å². The highest BCUT2D eigenvalue weighted by molar-refractivity contribution is 9.10. The van der Waals surface area contributed by atoms with Gasteiger partial charge in [0.1, 0.15) is 11.5 Å². The third-order valence-corrected chi connectivity index (χ3v) is 4.07. The van der Waals surface area contributed by atoms with E-state index >= 15 is 0 Å². The summed E-state index contributed by atoms with van der Waals surface area (Å²) in [4.78, 5) is 0. The van der Waals surface area contributed by atoms with Crippen molar-refractivity contribution < 1.29 is 4.74 Å². The van der Waals surface area contributed by atoms with Gasteiger partial charge in [0, 0.05) is 16.1 Å². The first-order valence-electron chi connectivity index (χ1n) is 6.73. The highest BCUT2D eigenvalue weighted by Gasteiger charge is 2.11. The number of aryl methyl sites for hydroxylation is 2. The van der Waals surface area contributed by atoms with Crippen LogP contribution in [0, 0.1) is 13.8 Å². The van der Waals surface area contributed by atoms with Crippen molar-refractivity contribution in [2.75, 3.05) is 7.05 Å². The molecule has 0 aliphatic heterocycles. The summed E-state index contributed by atoms with van der Waals surface area (Å²) in [5.41, 5.74) is 3.66. The fourth-order valence-corrected chi connectivity index (χ4v) is 2.35. The smallest absolute Gasteiger partial charge is 0.133 e. The van der Waals surface area contributed by atoms with E-state index in [0.29, 0.717) is 0 Å². The van der Waals surface area contributed by atoms with Gasteiger partial charge in [-0.15, -0.1) is 0 Å². The first-order valence-corrected chi connectivity index (χ1v) is 7.52. The maximum Gasteiger partial charge on any atom is 0.133 e. The summed E-state index contributed by atoms with van der Waals surface area (Å²) in [5.74, 6) is 1.75. The molecule has 0 bridgehead atoms. The molecule has 0 saturated carbocycles. The van der Waals surface area contributed by atoms with Crippen molar-refractivity contribution >= 4 is 15.9 Å². The van der Waals surface area contributed by atoms with Crippen LogP contribution in [0.3, 0.4) is 0 Å². The fourth-order valence-electron chi connectivity index (χ4n) is 2.01. The maximum atomic E-state index is 6.08. The zero-order valence-corrected chi connectivity index (χ0v) is 13.9. The van der Waals surface area contributed by atoms with Crippen molar-refractivity contribution in [3.8, 4) is 11.5 Å². The van der Waals surface area contributed by atoms with Gasteiger partial charge in [-0.2, -0.15) is 0 Å². The molecule has 2 rings (SSSR count). The normalized spacial score (nSPS) is 12.2. The minimum absolute atomic E-state index is 0.240. The Balaban J connectivity index is 2.36. The van der Waals surface area contributed by atoms with Gasteiger partial charge < -0.3 is 10.1 Å². The zero-order valence-electron chi connectivity index (χ0n) is 12.3. The van der Waals surface area contributed by atoms with Crippen LogP contribution in [0.25, 0.3) is 0 Å². The molecular weight excluding hydrogens is 314 g/mol. The molecule has 1 unspecified atom stereocenters. The van der Waals surface area contributed by atoms with Crippen LogP contribution < -0.4 is 10.1 Å². The van der Waals surface area contributed by atoms with Gasteiger partial charge >= 0.3 is 0 Å². The van der Waals surface area contributed by atoms with Crippen molar-refractivity contribution in [3.05, 3.63) is 57.6 Å². The molecule has 1 N–H and O–H groups in total. The number of hydrogen-bond donors (Lipinski definition) is 1. The summed E-state index contributed by atoms with van der Waals surface area (Å²) in [6, 6.07) is 12.5. The van der Waals surface area contributed by atoms with Crippen molar-refractivity contribution in [3.63, 3.8) is 0 Å². The molecular formula is C17H20BrNO. The van der Waals surface area contributed by atoms with Crippen molar-refractivity contribution in [2.45, 2.75) is 26.8 Å². The molecule has 0 amide bonds. The van der Waals surface area contributed by atoms with Gasteiger partial charge in [-0.3, -0.25) is 0 Å². The van der Waals surface area contributed by atoms with Crippen LogP contribution in [0.4, 0.5) is 0 Å². The minimum Gasteiger partial charge on any atom is -0.457 e. The quantitative estimate of drug-likeness (QED) is 0.836. The lowest BCUT2D eigenvalue weighted by molar-refractivity contribution is 0.465. The van der Waals surface area contributed by atoms with Crippen molar-refractivity contribution in [2.24, 2.45) is 0 Å². The monoisotopic (exact) mass is 333 g/mol. The molecule has 106 valence electrons. The molecule has 0 fully saturated rings. The highest BCUT2D eigenvalue weighted by Crippen LogP contribution is 2.32. The van der Waals surface area contributed by atoms with Gasteiger partial charge in [0.15, 0.2) is 0 Å². The molecule has 0 aromatic heterocycles. The van der Waals surface area contributed by atoms with Gasteiger partial charge in [0.2, 0.25) is 0 Å². The molecule has 0 aliphatic carbocycles. The number of benzene rings is 2. The highest BCUT2D eigenvalue weighted by atomic mass is 79.9. The van der Waals surface area contributed by atoms with E-state index in [0.717, 1.165) is 21.5 Å². The van der Waals surface area contributed by atoms with Crippen LogP contribution in [0.5, 0.6) is 11.5 Å². The van der Waals surface area contributed by atoms with Crippen LogP contribution in [-0.2, 0) is 0 Å². The molecule has 0 spiro atoms. The van der Waals surface area contributed by atoms with E-state index in [-0.39, 0.29) is 6.04 Å². The molecule has 2 nitrogen and oxygen atoms in total.